The third-order valence-corrected chi connectivity index (χ3v) is 2.87. The van der Waals surface area contributed by atoms with E-state index in [1.807, 2.05) is 0 Å². The smallest absolute Gasteiger partial charge is 0.220 e. The highest BCUT2D eigenvalue weighted by molar-refractivity contribution is 5.75. The standard InChI is InChI=1S/C11H22N2O3/c1-8(14)10(12)7-13-11(15)5-4-9-3-2-6-16-9/h8-10,14H,2-7,12H2,1H3,(H,13,15). The van der Waals surface area contributed by atoms with Crippen LogP contribution < -0.4 is 11.1 Å². The molecule has 0 aromatic heterocycles. The van der Waals surface area contributed by atoms with Gasteiger partial charge in [-0.2, -0.15) is 0 Å². The van der Waals surface area contributed by atoms with Gasteiger partial charge in [0.05, 0.1) is 12.2 Å². The molecule has 1 aliphatic rings. The van der Waals surface area contributed by atoms with Crippen molar-refractivity contribution in [1.29, 1.82) is 0 Å². The SMILES string of the molecule is CC(O)C(N)CNC(=O)CCC1CCCO1. The molecule has 3 unspecified atom stereocenters. The number of aliphatic hydroxyl groups is 1. The van der Waals surface area contributed by atoms with E-state index in [-0.39, 0.29) is 12.0 Å². The maximum Gasteiger partial charge on any atom is 0.220 e. The van der Waals surface area contributed by atoms with Gasteiger partial charge in [0, 0.05) is 25.6 Å². The van der Waals surface area contributed by atoms with Crippen LogP contribution in [0, 0.1) is 0 Å². The van der Waals surface area contributed by atoms with Crippen molar-refractivity contribution in [2.75, 3.05) is 13.2 Å². The van der Waals surface area contributed by atoms with Gasteiger partial charge in [0.25, 0.3) is 0 Å². The molecular weight excluding hydrogens is 208 g/mol. The van der Waals surface area contributed by atoms with Gasteiger partial charge in [-0.25, -0.2) is 0 Å². The number of amides is 1. The van der Waals surface area contributed by atoms with Crippen LogP contribution >= 0.6 is 0 Å². The molecule has 3 atom stereocenters. The normalized spacial score (nSPS) is 24.1. The van der Waals surface area contributed by atoms with Crippen molar-refractivity contribution in [2.24, 2.45) is 5.73 Å². The zero-order chi connectivity index (χ0) is 12.0. The highest BCUT2D eigenvalue weighted by Crippen LogP contribution is 2.16. The summed E-state index contributed by atoms with van der Waals surface area (Å²) in [6.07, 6.45) is 3.04. The zero-order valence-corrected chi connectivity index (χ0v) is 9.82. The van der Waals surface area contributed by atoms with Crippen LogP contribution in [0.25, 0.3) is 0 Å². The van der Waals surface area contributed by atoms with Crippen LogP contribution in [0.3, 0.4) is 0 Å². The molecule has 0 aromatic rings. The Bertz CT molecular complexity index is 207. The number of ether oxygens (including phenoxy) is 1. The van der Waals surface area contributed by atoms with Crippen LogP contribution in [0.5, 0.6) is 0 Å². The second-order valence-electron chi connectivity index (χ2n) is 4.38. The molecule has 0 radical (unpaired) electrons. The van der Waals surface area contributed by atoms with Crippen molar-refractivity contribution >= 4 is 5.91 Å². The summed E-state index contributed by atoms with van der Waals surface area (Å²) in [4.78, 5) is 11.4. The van der Waals surface area contributed by atoms with Gasteiger partial charge >= 0.3 is 0 Å². The van der Waals surface area contributed by atoms with Gasteiger partial charge in [0.1, 0.15) is 0 Å². The number of nitrogens with one attached hydrogen (secondary N) is 1. The third kappa shape index (κ3) is 4.92. The van der Waals surface area contributed by atoms with E-state index in [1.165, 1.54) is 0 Å². The molecule has 1 amide bonds. The predicted molar refractivity (Wildman–Crippen MR) is 60.9 cm³/mol. The summed E-state index contributed by atoms with van der Waals surface area (Å²) < 4.78 is 5.42. The summed E-state index contributed by atoms with van der Waals surface area (Å²) in [6.45, 7) is 2.75. The Kier molecular flexibility index (Phi) is 5.73. The van der Waals surface area contributed by atoms with E-state index < -0.39 is 12.1 Å². The first kappa shape index (κ1) is 13.4. The van der Waals surface area contributed by atoms with Gasteiger partial charge < -0.3 is 20.9 Å². The Morgan fingerprint density at radius 2 is 2.44 bits per heavy atom. The molecule has 94 valence electrons. The maximum atomic E-state index is 11.4. The number of rotatable bonds is 6. The summed E-state index contributed by atoms with van der Waals surface area (Å²) in [6, 6.07) is -0.397. The van der Waals surface area contributed by atoms with Crippen molar-refractivity contribution in [3.63, 3.8) is 0 Å². The lowest BCUT2D eigenvalue weighted by Gasteiger charge is -2.15. The summed E-state index contributed by atoms with van der Waals surface area (Å²) in [5, 5.41) is 11.8. The largest absolute Gasteiger partial charge is 0.392 e. The van der Waals surface area contributed by atoms with Gasteiger partial charge in [0.15, 0.2) is 0 Å². The number of hydrogen-bond acceptors (Lipinski definition) is 4. The van der Waals surface area contributed by atoms with Crippen LogP contribution in [0.2, 0.25) is 0 Å². The minimum Gasteiger partial charge on any atom is -0.392 e. The molecule has 0 aliphatic carbocycles. The molecule has 1 heterocycles. The van der Waals surface area contributed by atoms with Crippen molar-refractivity contribution in [3.05, 3.63) is 0 Å². The summed E-state index contributed by atoms with van der Waals surface area (Å²) in [5.74, 6) is -0.0217. The number of aliphatic hydroxyl groups excluding tert-OH is 1. The number of carbonyl (C=O) groups is 1. The van der Waals surface area contributed by atoms with Crippen LogP contribution in [0.15, 0.2) is 0 Å². The van der Waals surface area contributed by atoms with E-state index in [0.717, 1.165) is 25.9 Å². The first-order valence-corrected chi connectivity index (χ1v) is 5.91. The van der Waals surface area contributed by atoms with Crippen molar-refractivity contribution in [1.82, 2.24) is 5.32 Å². The van der Waals surface area contributed by atoms with Crippen LogP contribution in [-0.2, 0) is 9.53 Å². The van der Waals surface area contributed by atoms with Crippen LogP contribution in [-0.4, -0.2) is 42.4 Å². The lowest BCUT2D eigenvalue weighted by atomic mass is 10.1. The van der Waals surface area contributed by atoms with E-state index in [4.69, 9.17) is 15.6 Å². The van der Waals surface area contributed by atoms with Crippen molar-refractivity contribution in [2.45, 2.75) is 50.9 Å². The summed E-state index contributed by atoms with van der Waals surface area (Å²) in [7, 11) is 0. The van der Waals surface area contributed by atoms with Gasteiger partial charge in [-0.1, -0.05) is 0 Å². The Balaban J connectivity index is 2.06. The van der Waals surface area contributed by atoms with Crippen molar-refractivity contribution in [3.8, 4) is 0 Å². The topological polar surface area (TPSA) is 84.6 Å². The molecule has 0 spiro atoms. The second-order valence-corrected chi connectivity index (χ2v) is 4.38. The Morgan fingerprint density at radius 3 is 3.00 bits per heavy atom. The fraction of sp³-hybridized carbons (Fsp3) is 0.909. The molecule has 1 saturated heterocycles. The van der Waals surface area contributed by atoms with Gasteiger partial charge in [-0.15, -0.1) is 0 Å². The average Bonchev–Trinajstić information content (AvgIpc) is 2.75. The molecule has 0 bridgehead atoms. The van der Waals surface area contributed by atoms with E-state index in [0.29, 0.717) is 13.0 Å². The average molecular weight is 230 g/mol. The van der Waals surface area contributed by atoms with Crippen LogP contribution in [0.4, 0.5) is 0 Å². The molecule has 5 heteroatoms. The highest BCUT2D eigenvalue weighted by atomic mass is 16.5. The lowest BCUT2D eigenvalue weighted by molar-refractivity contribution is -0.121. The number of hydrogen-bond donors (Lipinski definition) is 3. The van der Waals surface area contributed by atoms with Gasteiger partial charge in [-0.05, 0) is 26.2 Å². The van der Waals surface area contributed by atoms with Crippen molar-refractivity contribution < 1.29 is 14.6 Å². The summed E-state index contributed by atoms with van der Waals surface area (Å²) >= 11 is 0. The molecule has 1 aliphatic heterocycles. The second kappa shape index (κ2) is 6.83. The fourth-order valence-electron chi connectivity index (χ4n) is 1.65. The molecule has 4 N–H and O–H groups in total. The molecular formula is C11H22N2O3. The van der Waals surface area contributed by atoms with E-state index in [2.05, 4.69) is 5.32 Å². The Hall–Kier alpha value is -0.650. The van der Waals surface area contributed by atoms with E-state index in [1.54, 1.807) is 6.92 Å². The highest BCUT2D eigenvalue weighted by Gasteiger charge is 2.17. The monoisotopic (exact) mass is 230 g/mol. The Labute approximate surface area is 96.3 Å². The lowest BCUT2D eigenvalue weighted by Crippen LogP contribution is -2.43. The Morgan fingerprint density at radius 1 is 1.69 bits per heavy atom. The van der Waals surface area contributed by atoms with E-state index in [9.17, 15) is 4.79 Å². The molecule has 5 nitrogen and oxygen atoms in total. The molecule has 16 heavy (non-hydrogen) atoms. The molecule has 1 rings (SSSR count). The number of carbonyl (C=O) groups excluding carboxylic acids is 1. The first-order valence-electron chi connectivity index (χ1n) is 5.91. The third-order valence-electron chi connectivity index (χ3n) is 2.87. The summed E-state index contributed by atoms with van der Waals surface area (Å²) in [5.41, 5.74) is 5.59. The number of nitrogens with two attached hydrogens (primary N) is 1. The van der Waals surface area contributed by atoms with Gasteiger partial charge in [-0.3, -0.25) is 4.79 Å². The minimum absolute atomic E-state index is 0.0217. The quantitative estimate of drug-likeness (QED) is 0.588. The van der Waals surface area contributed by atoms with E-state index >= 15 is 0 Å². The first-order chi connectivity index (χ1) is 7.59. The predicted octanol–water partition coefficient (Wildman–Crippen LogP) is -0.230. The fourth-order valence-corrected chi connectivity index (χ4v) is 1.65. The minimum atomic E-state index is -0.599. The molecule has 1 fully saturated rings. The van der Waals surface area contributed by atoms with Crippen LogP contribution in [0.1, 0.15) is 32.6 Å². The maximum absolute atomic E-state index is 11.4. The zero-order valence-electron chi connectivity index (χ0n) is 9.82. The van der Waals surface area contributed by atoms with Gasteiger partial charge in [0.2, 0.25) is 5.91 Å². The molecule has 0 saturated carbocycles. The molecule has 0 aromatic carbocycles.